The van der Waals surface area contributed by atoms with Crippen LogP contribution in [0, 0.1) is 40.4 Å². The number of piperidine rings is 1. The van der Waals surface area contributed by atoms with E-state index >= 15 is 0 Å². The highest BCUT2D eigenvalue weighted by molar-refractivity contribution is 6.00. The summed E-state index contributed by atoms with van der Waals surface area (Å²) in [4.78, 5) is 41.2. The topological polar surface area (TPSA) is 153 Å². The molecule has 0 radical (unpaired) electrons. The van der Waals surface area contributed by atoms with Gasteiger partial charge in [-0.1, -0.05) is 32.9 Å². The molecule has 1 aromatic rings. The molecule has 3 N–H and O–H groups in total. The van der Waals surface area contributed by atoms with Crippen molar-refractivity contribution < 1.29 is 48.3 Å². The zero-order valence-electron chi connectivity index (χ0n) is 29.6. The van der Waals surface area contributed by atoms with E-state index in [1.54, 1.807) is 59.4 Å². The van der Waals surface area contributed by atoms with Crippen LogP contribution in [0.3, 0.4) is 0 Å². The lowest BCUT2D eigenvalue weighted by molar-refractivity contribution is -0.319. The van der Waals surface area contributed by atoms with Gasteiger partial charge in [0.25, 0.3) is 0 Å². The van der Waals surface area contributed by atoms with Gasteiger partial charge >= 0.3 is 11.9 Å². The Morgan fingerprint density at radius 1 is 1.08 bits per heavy atom. The van der Waals surface area contributed by atoms with Crippen LogP contribution in [0.1, 0.15) is 63.7 Å². The second-order valence-corrected chi connectivity index (χ2v) is 15.8. The number of rotatable bonds is 10. The van der Waals surface area contributed by atoms with Crippen LogP contribution in [0.5, 0.6) is 0 Å². The van der Waals surface area contributed by atoms with E-state index in [0.29, 0.717) is 38.0 Å². The van der Waals surface area contributed by atoms with Crippen LogP contribution < -0.4 is 5.32 Å². The third kappa shape index (κ3) is 4.40. The number of benzene rings is 1. The summed E-state index contributed by atoms with van der Waals surface area (Å²) in [6.45, 7) is 8.18. The van der Waals surface area contributed by atoms with Gasteiger partial charge in [-0.2, -0.15) is 0 Å². The lowest BCUT2D eigenvalue weighted by atomic mass is 9.42. The van der Waals surface area contributed by atoms with Gasteiger partial charge in [0.1, 0.15) is 17.3 Å². The van der Waals surface area contributed by atoms with Crippen molar-refractivity contribution in [3.8, 4) is 0 Å². The summed E-state index contributed by atoms with van der Waals surface area (Å²) in [5.74, 6) is -2.88. The van der Waals surface area contributed by atoms with Gasteiger partial charge in [0.2, 0.25) is 5.91 Å². The van der Waals surface area contributed by atoms with Crippen molar-refractivity contribution in [2.45, 2.75) is 95.0 Å². The zero-order chi connectivity index (χ0) is 35.3. The number of anilines is 1. The molecule has 0 unspecified atom stereocenters. The normalized spacial score (nSPS) is 44.5. The molecule has 6 fully saturated rings. The van der Waals surface area contributed by atoms with E-state index < -0.39 is 58.3 Å². The van der Waals surface area contributed by atoms with Crippen molar-refractivity contribution in [3.63, 3.8) is 0 Å². The Hall–Kier alpha value is -2.61. The van der Waals surface area contributed by atoms with Crippen LogP contribution in [0.15, 0.2) is 24.3 Å². The van der Waals surface area contributed by atoms with Gasteiger partial charge in [0.05, 0.1) is 48.1 Å². The average Bonchev–Trinajstić information content (AvgIpc) is 3.47. The molecule has 1 amide bonds. The van der Waals surface area contributed by atoms with E-state index in [-0.39, 0.29) is 60.2 Å². The van der Waals surface area contributed by atoms with E-state index in [0.717, 1.165) is 0 Å². The van der Waals surface area contributed by atoms with Crippen LogP contribution in [0.4, 0.5) is 5.69 Å². The third-order valence-corrected chi connectivity index (χ3v) is 13.7. The highest BCUT2D eigenvalue weighted by atomic mass is 16.6. The summed E-state index contributed by atoms with van der Waals surface area (Å²) in [6, 6.07) is 6.24. The molecule has 5 aliphatic carbocycles. The molecule has 6 aliphatic rings. The molecule has 1 aromatic carbocycles. The van der Waals surface area contributed by atoms with Crippen LogP contribution in [-0.4, -0.2) is 116 Å². The number of likely N-dealkylation sites (tertiary alicyclic amines) is 1. The number of ether oxygens (including phenoxy) is 5. The first kappa shape index (κ1) is 34.8. The molecule has 5 saturated carbocycles. The van der Waals surface area contributed by atoms with Crippen molar-refractivity contribution in [1.82, 2.24) is 4.90 Å². The Balaban J connectivity index is 1.37. The largest absolute Gasteiger partial charge is 0.461 e. The maximum Gasteiger partial charge on any atom is 0.340 e. The molecule has 12 heteroatoms. The van der Waals surface area contributed by atoms with Crippen molar-refractivity contribution in [2.75, 3.05) is 46.3 Å². The lowest BCUT2D eigenvalue weighted by Gasteiger charge is -2.70. The molecule has 0 aromatic heterocycles. The molecule has 12 nitrogen and oxygen atoms in total. The summed E-state index contributed by atoms with van der Waals surface area (Å²) < 4.78 is 31.4. The van der Waals surface area contributed by atoms with Crippen LogP contribution in [0.2, 0.25) is 0 Å². The molecular weight excluding hydrogens is 632 g/mol. The van der Waals surface area contributed by atoms with Gasteiger partial charge in [0.15, 0.2) is 0 Å². The number of carbonyl (C=O) groups is 3. The lowest BCUT2D eigenvalue weighted by Crippen LogP contribution is -2.82. The van der Waals surface area contributed by atoms with Gasteiger partial charge in [0, 0.05) is 69.8 Å². The number of methoxy groups -OCH3 is 3. The molecule has 7 rings (SSSR count). The number of hydrogen-bond donors (Lipinski definition) is 3. The Kier molecular flexibility index (Phi) is 8.52. The fourth-order valence-corrected chi connectivity index (χ4v) is 12.4. The predicted molar refractivity (Wildman–Crippen MR) is 176 cm³/mol. The summed E-state index contributed by atoms with van der Waals surface area (Å²) in [5.41, 5.74) is -4.26. The number of para-hydroxylation sites is 1. The summed E-state index contributed by atoms with van der Waals surface area (Å²) in [7, 11) is 4.92. The third-order valence-electron chi connectivity index (χ3n) is 13.7. The number of nitrogens with one attached hydrogen (secondary N) is 1. The zero-order valence-corrected chi connectivity index (χ0v) is 29.6. The minimum Gasteiger partial charge on any atom is -0.461 e. The molecule has 270 valence electrons. The SMILES string of the molecule is CCN1C[C@]2(COC(=O)c3ccccc3NC(C)=O)CC[C@H](OC)[C@@]34[C@@H]5C[C@H]6[C@H](OC(=O)C(C)C)[C@@H]5[C@](O)(C[C@@H]6OC)[C@@](O)([C@@H](OC)[C@H]23)[C@@H]14. The molecule has 13 atom stereocenters. The maximum absolute atomic E-state index is 13.8. The number of aliphatic hydroxyl groups is 2. The van der Waals surface area contributed by atoms with Gasteiger partial charge in [-0.25, -0.2) is 4.79 Å². The first-order chi connectivity index (χ1) is 23.3. The number of fused-ring (bicyclic) bond motifs is 2. The van der Waals surface area contributed by atoms with Crippen LogP contribution in [0.25, 0.3) is 0 Å². The quantitative estimate of drug-likeness (QED) is 0.312. The van der Waals surface area contributed by atoms with Gasteiger partial charge in [-0.15, -0.1) is 0 Å². The Morgan fingerprint density at radius 3 is 2.45 bits per heavy atom. The van der Waals surface area contributed by atoms with Gasteiger partial charge < -0.3 is 39.2 Å². The van der Waals surface area contributed by atoms with Crippen molar-refractivity contribution in [1.29, 1.82) is 0 Å². The van der Waals surface area contributed by atoms with Crippen LogP contribution >= 0.6 is 0 Å². The fraction of sp³-hybridized carbons (Fsp3) is 0.757. The first-order valence-electron chi connectivity index (χ1n) is 17.8. The van der Waals surface area contributed by atoms with E-state index in [1.165, 1.54) is 6.92 Å². The summed E-state index contributed by atoms with van der Waals surface area (Å²) in [5, 5.41) is 29.5. The number of esters is 2. The Labute approximate surface area is 288 Å². The second-order valence-electron chi connectivity index (χ2n) is 15.8. The van der Waals surface area contributed by atoms with Gasteiger partial charge in [-0.05, 0) is 43.9 Å². The van der Waals surface area contributed by atoms with Gasteiger partial charge in [-0.3, -0.25) is 14.5 Å². The first-order valence-corrected chi connectivity index (χ1v) is 17.8. The summed E-state index contributed by atoms with van der Waals surface area (Å²) in [6.07, 6.45) is -0.144. The minimum absolute atomic E-state index is 0.0496. The monoisotopic (exact) mass is 684 g/mol. The number of amides is 1. The van der Waals surface area contributed by atoms with Crippen molar-refractivity contribution in [2.24, 2.45) is 40.4 Å². The molecule has 1 aliphatic heterocycles. The van der Waals surface area contributed by atoms with E-state index in [1.807, 2.05) is 0 Å². The summed E-state index contributed by atoms with van der Waals surface area (Å²) >= 11 is 0. The highest BCUT2D eigenvalue weighted by Crippen LogP contribution is 2.80. The predicted octanol–water partition coefficient (Wildman–Crippen LogP) is 2.65. The smallest absolute Gasteiger partial charge is 0.340 e. The molecule has 1 saturated heterocycles. The number of carbonyl (C=O) groups excluding carboxylic acids is 3. The van der Waals surface area contributed by atoms with Crippen LogP contribution in [-0.2, 0) is 33.3 Å². The van der Waals surface area contributed by atoms with E-state index in [9.17, 15) is 24.6 Å². The Morgan fingerprint density at radius 2 is 1.82 bits per heavy atom. The average molecular weight is 685 g/mol. The maximum atomic E-state index is 13.8. The number of hydrogen-bond acceptors (Lipinski definition) is 11. The highest BCUT2D eigenvalue weighted by Gasteiger charge is 2.92. The number of likely N-dealkylation sites (N-methyl/N-ethyl adjacent to an activating group) is 1. The molecule has 1 spiro atoms. The molecule has 1 heterocycles. The second kappa shape index (κ2) is 12.0. The fourth-order valence-electron chi connectivity index (χ4n) is 12.4. The molecule has 7 bridgehead atoms. The molecule has 49 heavy (non-hydrogen) atoms. The number of nitrogens with zero attached hydrogens (tertiary/aromatic N) is 1. The Bertz CT molecular complexity index is 1500. The molecular formula is C37H52N2O10. The minimum atomic E-state index is -1.79. The van der Waals surface area contributed by atoms with E-state index in [4.69, 9.17) is 23.7 Å². The van der Waals surface area contributed by atoms with E-state index in [2.05, 4.69) is 17.1 Å². The van der Waals surface area contributed by atoms with Crippen molar-refractivity contribution >= 4 is 23.5 Å². The standard InChI is InChI=1S/C37H52N2O10/c1-8-39-17-34(18-48-32(42)21-11-9-10-12-24(21)38-20(4)40)14-13-26(46-6)36-23-15-22-25(45-5)16-35(43,27(23)28(22)49-31(41)19(2)3)37(44,33(36)39)30(47-7)29(34)36/h9-12,19,22-23,25-30,33,43-44H,8,13-18H2,1-7H3,(H,38,40)/t22-,23-,25+,26+,27-,28+,29-,30+,33+,34+,35-,36+,37-/m1/s1. The van der Waals surface area contributed by atoms with Crippen molar-refractivity contribution in [3.05, 3.63) is 29.8 Å².